The van der Waals surface area contributed by atoms with Crippen LogP contribution in [0.2, 0.25) is 0 Å². The van der Waals surface area contributed by atoms with Gasteiger partial charge >= 0.3 is 0 Å². The predicted octanol–water partition coefficient (Wildman–Crippen LogP) is 2.02. The third kappa shape index (κ3) is 3.13. The zero-order valence-corrected chi connectivity index (χ0v) is 11.5. The molecular weight excluding hydrogens is 240 g/mol. The highest BCUT2D eigenvalue weighted by molar-refractivity contribution is 5.95. The van der Waals surface area contributed by atoms with Gasteiger partial charge in [0, 0.05) is 18.7 Å². The number of benzene rings is 1. The fourth-order valence-electron chi connectivity index (χ4n) is 2.38. The average Bonchev–Trinajstić information content (AvgIpc) is 2.41. The Labute approximate surface area is 113 Å². The molecule has 1 heterocycles. The van der Waals surface area contributed by atoms with E-state index in [4.69, 9.17) is 0 Å². The van der Waals surface area contributed by atoms with E-state index >= 15 is 0 Å². The van der Waals surface area contributed by atoms with Gasteiger partial charge in [0.1, 0.15) is 0 Å². The van der Waals surface area contributed by atoms with Crippen molar-refractivity contribution in [2.75, 3.05) is 11.9 Å². The van der Waals surface area contributed by atoms with Crippen LogP contribution in [0.1, 0.15) is 30.9 Å². The van der Waals surface area contributed by atoms with Gasteiger partial charge in [-0.25, -0.2) is 0 Å². The van der Waals surface area contributed by atoms with Crippen LogP contribution in [0.4, 0.5) is 5.69 Å². The van der Waals surface area contributed by atoms with E-state index in [2.05, 4.69) is 17.6 Å². The van der Waals surface area contributed by atoms with E-state index in [9.17, 15) is 9.59 Å². The fraction of sp³-hybridized carbons (Fsp3) is 0.467. The summed E-state index contributed by atoms with van der Waals surface area (Å²) in [6.07, 6.45) is 1.95. The van der Waals surface area contributed by atoms with E-state index in [1.807, 2.05) is 25.1 Å². The van der Waals surface area contributed by atoms with Crippen molar-refractivity contribution in [3.05, 3.63) is 29.3 Å². The topological polar surface area (TPSA) is 58.2 Å². The number of hydrogen-bond acceptors (Lipinski definition) is 2. The fourth-order valence-corrected chi connectivity index (χ4v) is 2.38. The maximum atomic E-state index is 12.2. The van der Waals surface area contributed by atoms with Gasteiger partial charge in [0.2, 0.25) is 11.8 Å². The number of carbonyl (C=O) groups excluding carboxylic acids is 2. The van der Waals surface area contributed by atoms with Crippen molar-refractivity contribution in [1.29, 1.82) is 0 Å². The number of carbonyl (C=O) groups is 2. The molecule has 0 saturated carbocycles. The normalized spacial score (nSPS) is 18.8. The molecule has 19 heavy (non-hydrogen) atoms. The Balaban J connectivity index is 2.08. The number of rotatable bonds is 3. The number of nitrogens with one attached hydrogen (secondary N) is 2. The number of anilines is 1. The van der Waals surface area contributed by atoms with Gasteiger partial charge in [-0.05, 0) is 30.9 Å². The molecule has 0 bridgehead atoms. The highest BCUT2D eigenvalue weighted by Gasteiger charge is 2.25. The lowest BCUT2D eigenvalue weighted by Gasteiger charge is -2.22. The second-order valence-corrected chi connectivity index (χ2v) is 4.99. The van der Waals surface area contributed by atoms with E-state index in [-0.39, 0.29) is 17.7 Å². The third-order valence-electron chi connectivity index (χ3n) is 3.62. The van der Waals surface area contributed by atoms with Gasteiger partial charge in [-0.1, -0.05) is 25.1 Å². The molecule has 1 atom stereocenters. The Hall–Kier alpha value is -1.84. The Morgan fingerprint density at radius 1 is 1.47 bits per heavy atom. The first-order valence-corrected chi connectivity index (χ1v) is 6.78. The van der Waals surface area contributed by atoms with Gasteiger partial charge < -0.3 is 10.6 Å². The van der Waals surface area contributed by atoms with Gasteiger partial charge in [0.15, 0.2) is 0 Å². The minimum atomic E-state index is -0.123. The Morgan fingerprint density at radius 2 is 2.26 bits per heavy atom. The average molecular weight is 260 g/mol. The zero-order valence-electron chi connectivity index (χ0n) is 11.5. The minimum Gasteiger partial charge on any atom is -0.355 e. The first-order valence-electron chi connectivity index (χ1n) is 6.78. The molecule has 1 aliphatic heterocycles. The third-order valence-corrected chi connectivity index (χ3v) is 3.62. The number of para-hydroxylation sites is 1. The molecule has 1 saturated heterocycles. The number of piperidine rings is 1. The van der Waals surface area contributed by atoms with Crippen molar-refractivity contribution >= 4 is 17.5 Å². The Bertz CT molecular complexity index is 487. The lowest BCUT2D eigenvalue weighted by Crippen LogP contribution is -2.40. The maximum absolute atomic E-state index is 12.2. The second kappa shape index (κ2) is 5.87. The van der Waals surface area contributed by atoms with Crippen LogP contribution in [0.25, 0.3) is 0 Å². The van der Waals surface area contributed by atoms with Crippen molar-refractivity contribution in [1.82, 2.24) is 5.32 Å². The van der Waals surface area contributed by atoms with Gasteiger partial charge in [0.25, 0.3) is 0 Å². The van der Waals surface area contributed by atoms with Gasteiger partial charge in [-0.15, -0.1) is 0 Å². The molecular formula is C15H20N2O2. The molecule has 4 heteroatoms. The minimum absolute atomic E-state index is 0.00370. The van der Waals surface area contributed by atoms with Crippen LogP contribution in [0.5, 0.6) is 0 Å². The molecule has 4 nitrogen and oxygen atoms in total. The summed E-state index contributed by atoms with van der Waals surface area (Å²) < 4.78 is 0. The molecule has 0 aliphatic carbocycles. The van der Waals surface area contributed by atoms with Gasteiger partial charge in [-0.3, -0.25) is 9.59 Å². The van der Waals surface area contributed by atoms with E-state index in [1.54, 1.807) is 0 Å². The van der Waals surface area contributed by atoms with Crippen LogP contribution in [-0.4, -0.2) is 18.4 Å². The molecule has 0 spiro atoms. The van der Waals surface area contributed by atoms with Crippen molar-refractivity contribution in [3.8, 4) is 0 Å². The monoisotopic (exact) mass is 260 g/mol. The quantitative estimate of drug-likeness (QED) is 0.873. The first kappa shape index (κ1) is 13.6. The Kier molecular flexibility index (Phi) is 4.20. The largest absolute Gasteiger partial charge is 0.355 e. The van der Waals surface area contributed by atoms with Crippen LogP contribution in [0, 0.1) is 12.8 Å². The molecule has 1 aliphatic rings. The molecule has 0 aromatic heterocycles. The van der Waals surface area contributed by atoms with E-state index < -0.39 is 0 Å². The van der Waals surface area contributed by atoms with E-state index in [0.717, 1.165) is 23.2 Å². The molecule has 1 unspecified atom stereocenters. The SMILES string of the molecule is CCc1cccc(C)c1NC(=O)C1CCC(=O)NC1. The number of aryl methyl sites for hydroxylation is 2. The maximum Gasteiger partial charge on any atom is 0.229 e. The number of hydrogen-bond donors (Lipinski definition) is 2. The van der Waals surface area contributed by atoms with Crippen molar-refractivity contribution in [2.45, 2.75) is 33.1 Å². The molecule has 0 radical (unpaired) electrons. The summed E-state index contributed by atoms with van der Waals surface area (Å²) in [5, 5.41) is 5.77. The summed E-state index contributed by atoms with van der Waals surface area (Å²) in [7, 11) is 0. The van der Waals surface area contributed by atoms with E-state index in [1.165, 1.54) is 0 Å². The zero-order chi connectivity index (χ0) is 13.8. The summed E-state index contributed by atoms with van der Waals surface area (Å²) in [5.41, 5.74) is 3.15. The summed E-state index contributed by atoms with van der Waals surface area (Å²) in [6, 6.07) is 6.04. The standard InChI is InChI=1S/C15H20N2O2/c1-3-11-6-4-5-10(2)14(11)17-15(19)12-7-8-13(18)16-9-12/h4-6,12H,3,7-9H2,1-2H3,(H,16,18)(H,17,19). The molecule has 1 aromatic rings. The highest BCUT2D eigenvalue weighted by Crippen LogP contribution is 2.23. The second-order valence-electron chi connectivity index (χ2n) is 4.99. The van der Waals surface area contributed by atoms with Crippen molar-refractivity contribution in [2.24, 2.45) is 5.92 Å². The summed E-state index contributed by atoms with van der Waals surface area (Å²) in [6.45, 7) is 4.51. The summed E-state index contributed by atoms with van der Waals surface area (Å²) in [5.74, 6) is -0.0831. The number of amides is 2. The lowest BCUT2D eigenvalue weighted by molar-refractivity contribution is -0.126. The van der Waals surface area contributed by atoms with Crippen LogP contribution in [0.3, 0.4) is 0 Å². The molecule has 2 amide bonds. The molecule has 1 aromatic carbocycles. The van der Waals surface area contributed by atoms with E-state index in [0.29, 0.717) is 19.4 Å². The molecule has 2 rings (SSSR count). The molecule has 2 N–H and O–H groups in total. The van der Waals surface area contributed by atoms with Gasteiger partial charge in [-0.2, -0.15) is 0 Å². The van der Waals surface area contributed by atoms with Crippen molar-refractivity contribution < 1.29 is 9.59 Å². The van der Waals surface area contributed by atoms with Crippen LogP contribution >= 0.6 is 0 Å². The lowest BCUT2D eigenvalue weighted by atomic mass is 9.97. The Morgan fingerprint density at radius 3 is 2.89 bits per heavy atom. The van der Waals surface area contributed by atoms with Crippen molar-refractivity contribution in [3.63, 3.8) is 0 Å². The highest BCUT2D eigenvalue weighted by atomic mass is 16.2. The van der Waals surface area contributed by atoms with Crippen LogP contribution in [0.15, 0.2) is 18.2 Å². The smallest absolute Gasteiger partial charge is 0.229 e. The van der Waals surface area contributed by atoms with Crippen LogP contribution < -0.4 is 10.6 Å². The predicted molar refractivity (Wildman–Crippen MR) is 74.9 cm³/mol. The summed E-state index contributed by atoms with van der Waals surface area (Å²) in [4.78, 5) is 23.3. The van der Waals surface area contributed by atoms with Gasteiger partial charge in [0.05, 0.1) is 5.92 Å². The van der Waals surface area contributed by atoms with Crippen LogP contribution in [-0.2, 0) is 16.0 Å². The first-order chi connectivity index (χ1) is 9.11. The summed E-state index contributed by atoms with van der Waals surface area (Å²) >= 11 is 0. The molecule has 1 fully saturated rings. The molecule has 102 valence electrons.